The van der Waals surface area contributed by atoms with Crippen LogP contribution in [0.1, 0.15) is 25.7 Å². The second-order valence-electron chi connectivity index (χ2n) is 6.85. The zero-order valence-electron chi connectivity index (χ0n) is 13.7. The summed E-state index contributed by atoms with van der Waals surface area (Å²) in [5.74, 6) is 1.12. The number of hydrogen-bond acceptors (Lipinski definition) is 5. The monoisotopic (exact) mass is 329 g/mol. The van der Waals surface area contributed by atoms with Crippen LogP contribution in [-0.2, 0) is 6.54 Å². The summed E-state index contributed by atoms with van der Waals surface area (Å²) in [6.07, 6.45) is 7.51. The Bertz CT molecular complexity index is 734. The third kappa shape index (κ3) is 3.01. The molecule has 24 heavy (non-hydrogen) atoms. The summed E-state index contributed by atoms with van der Waals surface area (Å²) in [4.78, 5) is 14.5. The van der Waals surface area contributed by atoms with Gasteiger partial charge < -0.3 is 5.11 Å². The smallest absolute Gasteiger partial charge is 0.266 e. The first kappa shape index (κ1) is 15.5. The highest BCUT2D eigenvalue weighted by atomic mass is 16.3. The van der Waals surface area contributed by atoms with Crippen LogP contribution in [0, 0.1) is 5.92 Å². The van der Waals surface area contributed by atoms with Crippen LogP contribution in [0.15, 0.2) is 35.4 Å². The van der Waals surface area contributed by atoms with E-state index < -0.39 is 0 Å². The van der Waals surface area contributed by atoms with Crippen LogP contribution in [0.4, 0.5) is 0 Å². The highest BCUT2D eigenvalue weighted by molar-refractivity contribution is 5.17. The molecule has 2 aliphatic rings. The maximum absolute atomic E-state index is 12.1. The number of aliphatic hydroxyl groups excluding tert-OH is 1. The van der Waals surface area contributed by atoms with Crippen molar-refractivity contribution in [3.63, 3.8) is 0 Å². The topological polar surface area (TPSA) is 76.2 Å². The zero-order valence-corrected chi connectivity index (χ0v) is 13.7. The molecule has 2 aromatic heterocycles. The van der Waals surface area contributed by atoms with Gasteiger partial charge in [0.1, 0.15) is 0 Å². The van der Waals surface area contributed by atoms with Gasteiger partial charge in [0.2, 0.25) is 0 Å². The molecule has 1 aliphatic carbocycles. The van der Waals surface area contributed by atoms with E-state index in [9.17, 15) is 9.90 Å². The Kier molecular flexibility index (Phi) is 4.20. The Hall–Kier alpha value is -1.99. The van der Waals surface area contributed by atoms with Crippen molar-refractivity contribution in [1.82, 2.24) is 24.5 Å². The number of rotatable bonds is 4. The van der Waals surface area contributed by atoms with Crippen LogP contribution in [-0.4, -0.2) is 54.8 Å². The predicted molar refractivity (Wildman–Crippen MR) is 88.9 cm³/mol. The molecule has 0 spiro atoms. The van der Waals surface area contributed by atoms with E-state index in [4.69, 9.17) is 0 Å². The lowest BCUT2D eigenvalue weighted by Crippen LogP contribution is -2.53. The van der Waals surface area contributed by atoms with Gasteiger partial charge in [0.25, 0.3) is 5.56 Å². The average molecular weight is 329 g/mol. The van der Waals surface area contributed by atoms with E-state index in [0.717, 1.165) is 38.8 Å². The maximum atomic E-state index is 12.1. The molecule has 1 N–H and O–H groups in total. The Morgan fingerprint density at radius 2 is 2.00 bits per heavy atom. The fourth-order valence-corrected chi connectivity index (χ4v) is 3.70. The Labute approximate surface area is 140 Å². The summed E-state index contributed by atoms with van der Waals surface area (Å²) in [5.41, 5.74) is -0.0669. The fraction of sp³-hybridized carbons (Fsp3) is 0.588. The summed E-state index contributed by atoms with van der Waals surface area (Å²) in [6.45, 7) is 2.65. The van der Waals surface area contributed by atoms with Crippen molar-refractivity contribution in [2.75, 3.05) is 13.1 Å². The summed E-state index contributed by atoms with van der Waals surface area (Å²) >= 11 is 0. The molecule has 2 unspecified atom stereocenters. The molecule has 7 nitrogen and oxygen atoms in total. The minimum Gasteiger partial charge on any atom is -0.391 e. The van der Waals surface area contributed by atoms with Crippen LogP contribution in [0.5, 0.6) is 0 Å². The number of aliphatic hydroxyl groups is 1. The molecule has 1 saturated carbocycles. The molecule has 2 aromatic rings. The highest BCUT2D eigenvalue weighted by Gasteiger charge is 2.35. The van der Waals surface area contributed by atoms with Gasteiger partial charge in [-0.25, -0.2) is 9.36 Å². The van der Waals surface area contributed by atoms with Crippen molar-refractivity contribution in [2.45, 2.75) is 44.4 Å². The SMILES string of the molecule is O=c1ccc(-n2cccn2)nn1CC1CCN(C2CCC2O)CC1. The summed E-state index contributed by atoms with van der Waals surface area (Å²) in [6, 6.07) is 5.45. The van der Waals surface area contributed by atoms with Crippen LogP contribution in [0.25, 0.3) is 5.82 Å². The van der Waals surface area contributed by atoms with Gasteiger partial charge in [-0.2, -0.15) is 5.10 Å². The largest absolute Gasteiger partial charge is 0.391 e. The second kappa shape index (κ2) is 6.49. The molecule has 1 aliphatic heterocycles. The van der Waals surface area contributed by atoms with Crippen LogP contribution >= 0.6 is 0 Å². The third-order valence-corrected chi connectivity index (χ3v) is 5.34. The molecule has 1 saturated heterocycles. The van der Waals surface area contributed by atoms with Gasteiger partial charge in [-0.3, -0.25) is 9.69 Å². The molecule has 0 amide bonds. The standard InChI is InChI=1S/C17H23N5O2/c23-15-3-2-14(15)20-10-6-13(7-11-20)12-22-17(24)5-4-16(19-22)21-9-1-8-18-21/h1,4-5,8-9,13-15,23H,2-3,6-7,10-12H2. The van der Waals surface area contributed by atoms with E-state index in [2.05, 4.69) is 15.1 Å². The molecule has 0 aromatic carbocycles. The minimum absolute atomic E-state index is 0.0669. The van der Waals surface area contributed by atoms with E-state index in [-0.39, 0.29) is 11.7 Å². The first-order valence-electron chi connectivity index (χ1n) is 8.71. The van der Waals surface area contributed by atoms with Gasteiger partial charge >= 0.3 is 0 Å². The van der Waals surface area contributed by atoms with E-state index >= 15 is 0 Å². The van der Waals surface area contributed by atoms with Crippen molar-refractivity contribution in [3.05, 3.63) is 40.9 Å². The van der Waals surface area contributed by atoms with E-state index in [1.54, 1.807) is 27.7 Å². The molecule has 2 atom stereocenters. The lowest BCUT2D eigenvalue weighted by molar-refractivity contribution is -0.0348. The molecule has 128 valence electrons. The van der Waals surface area contributed by atoms with Crippen molar-refractivity contribution >= 4 is 0 Å². The quantitative estimate of drug-likeness (QED) is 0.892. The van der Waals surface area contributed by atoms with E-state index in [1.807, 2.05) is 12.3 Å². The number of aromatic nitrogens is 4. The second-order valence-corrected chi connectivity index (χ2v) is 6.85. The van der Waals surface area contributed by atoms with Crippen molar-refractivity contribution in [3.8, 4) is 5.82 Å². The number of nitrogens with zero attached hydrogens (tertiary/aromatic N) is 5. The molecule has 0 bridgehead atoms. The van der Waals surface area contributed by atoms with Gasteiger partial charge in [0, 0.05) is 31.0 Å². The van der Waals surface area contributed by atoms with Crippen LogP contribution in [0.2, 0.25) is 0 Å². The predicted octanol–water partition coefficient (Wildman–Crippen LogP) is 0.664. The van der Waals surface area contributed by atoms with Gasteiger partial charge in [-0.1, -0.05) is 0 Å². The minimum atomic E-state index is -0.142. The van der Waals surface area contributed by atoms with Gasteiger partial charge in [-0.15, -0.1) is 5.10 Å². The number of piperidine rings is 1. The molecule has 4 rings (SSSR count). The van der Waals surface area contributed by atoms with Crippen molar-refractivity contribution < 1.29 is 5.11 Å². The molecule has 7 heteroatoms. The van der Waals surface area contributed by atoms with Crippen molar-refractivity contribution in [2.24, 2.45) is 5.92 Å². The molecule has 0 radical (unpaired) electrons. The Morgan fingerprint density at radius 1 is 1.17 bits per heavy atom. The summed E-state index contributed by atoms with van der Waals surface area (Å²) in [7, 11) is 0. The molecular weight excluding hydrogens is 306 g/mol. The fourth-order valence-electron chi connectivity index (χ4n) is 3.70. The molecular formula is C17H23N5O2. The van der Waals surface area contributed by atoms with Crippen LogP contribution in [0.3, 0.4) is 0 Å². The average Bonchev–Trinajstić information content (AvgIpc) is 3.12. The molecule has 3 heterocycles. The summed E-state index contributed by atoms with van der Waals surface area (Å²) < 4.78 is 3.23. The lowest BCUT2D eigenvalue weighted by atomic mass is 9.85. The molecule has 2 fully saturated rings. The Balaban J connectivity index is 1.41. The van der Waals surface area contributed by atoms with Gasteiger partial charge in [-0.05, 0) is 56.8 Å². The maximum Gasteiger partial charge on any atom is 0.266 e. The Morgan fingerprint density at radius 3 is 2.62 bits per heavy atom. The van der Waals surface area contributed by atoms with E-state index in [1.165, 1.54) is 0 Å². The first-order chi connectivity index (χ1) is 11.7. The lowest BCUT2D eigenvalue weighted by Gasteiger charge is -2.44. The third-order valence-electron chi connectivity index (χ3n) is 5.34. The van der Waals surface area contributed by atoms with Crippen LogP contribution < -0.4 is 5.56 Å². The van der Waals surface area contributed by atoms with Gasteiger partial charge in [0.15, 0.2) is 5.82 Å². The normalized spacial score (nSPS) is 25.5. The zero-order chi connectivity index (χ0) is 16.5. The van der Waals surface area contributed by atoms with E-state index in [0.29, 0.717) is 24.3 Å². The van der Waals surface area contributed by atoms with Gasteiger partial charge in [0.05, 0.1) is 6.10 Å². The number of hydrogen-bond donors (Lipinski definition) is 1. The van der Waals surface area contributed by atoms with Crippen molar-refractivity contribution in [1.29, 1.82) is 0 Å². The highest BCUT2D eigenvalue weighted by Crippen LogP contribution is 2.29. The summed E-state index contributed by atoms with van der Waals surface area (Å²) in [5, 5.41) is 18.4. The number of likely N-dealkylation sites (tertiary alicyclic amines) is 1. The first-order valence-corrected chi connectivity index (χ1v) is 8.71.